The maximum Gasteiger partial charge on any atom is 0.341 e. The number of Topliss-reactive ketones (excluding diaryl/α,β-unsaturated/α-hetero) is 1. The molecule has 0 saturated carbocycles. The average Bonchev–Trinajstić information content (AvgIpc) is 2.94. The van der Waals surface area contributed by atoms with Crippen molar-refractivity contribution < 1.29 is 23.9 Å². The van der Waals surface area contributed by atoms with E-state index in [2.05, 4.69) is 13.8 Å². The third kappa shape index (κ3) is 3.14. The first kappa shape index (κ1) is 22.1. The van der Waals surface area contributed by atoms with Crippen LogP contribution in [-0.2, 0) is 29.3 Å². The Morgan fingerprint density at radius 1 is 1.28 bits per heavy atom. The molecule has 1 amide bonds. The molecule has 0 saturated heterocycles. The summed E-state index contributed by atoms with van der Waals surface area (Å²) in [4.78, 5) is 42.6. The molecule has 2 atom stereocenters. The Labute approximate surface area is 188 Å². The molecule has 0 aromatic heterocycles. The summed E-state index contributed by atoms with van der Waals surface area (Å²) in [5.74, 6) is -0.633. The second-order valence-corrected chi connectivity index (χ2v) is 9.20. The van der Waals surface area contributed by atoms with Gasteiger partial charge in [0.2, 0.25) is 11.8 Å². The third-order valence-corrected chi connectivity index (χ3v) is 6.43. The summed E-state index contributed by atoms with van der Waals surface area (Å²) in [7, 11) is 0. The van der Waals surface area contributed by atoms with Gasteiger partial charge in [-0.15, -0.1) is 0 Å². The maximum atomic E-state index is 14.3. The highest BCUT2D eigenvalue weighted by atomic mass is 16.5. The van der Waals surface area contributed by atoms with E-state index in [1.54, 1.807) is 17.9 Å². The number of carbonyl (C=O) groups is 3. The number of rotatable bonds is 5. The Morgan fingerprint density at radius 2 is 2.00 bits per heavy atom. The number of ether oxygens (including phenoxy) is 2. The van der Waals surface area contributed by atoms with E-state index in [0.717, 1.165) is 6.42 Å². The predicted octanol–water partition coefficient (Wildman–Crippen LogP) is 3.33. The van der Waals surface area contributed by atoms with Crippen molar-refractivity contribution in [2.75, 3.05) is 18.1 Å². The van der Waals surface area contributed by atoms with Crippen LogP contribution in [0.4, 0.5) is 5.69 Å². The largest absolute Gasteiger partial charge is 0.462 e. The number of para-hydroxylation sites is 1. The van der Waals surface area contributed by atoms with E-state index in [0.29, 0.717) is 35.9 Å². The minimum atomic E-state index is -1.64. The number of allylic oxidation sites excluding steroid dienone is 1. The van der Waals surface area contributed by atoms with E-state index < -0.39 is 11.4 Å². The zero-order chi connectivity index (χ0) is 23.2. The van der Waals surface area contributed by atoms with E-state index >= 15 is 0 Å². The second kappa shape index (κ2) is 8.11. The van der Waals surface area contributed by atoms with E-state index in [-0.39, 0.29) is 47.7 Å². The molecule has 4 rings (SSSR count). The highest BCUT2D eigenvalue weighted by molar-refractivity contribution is 6.23. The van der Waals surface area contributed by atoms with E-state index in [1.165, 1.54) is 0 Å². The molecule has 32 heavy (non-hydrogen) atoms. The summed E-state index contributed by atoms with van der Waals surface area (Å²) in [5, 5.41) is 0. The Balaban J connectivity index is 2.02. The zero-order valence-electron chi connectivity index (χ0n) is 19.1. The van der Waals surface area contributed by atoms with Crippen LogP contribution in [0.1, 0.15) is 52.5 Å². The molecule has 3 aliphatic rings. The monoisotopic (exact) mass is 438 g/mol. The highest BCUT2D eigenvalue weighted by Gasteiger charge is 2.63. The molecule has 2 aliphatic heterocycles. The molecule has 2 N–H and O–H groups in total. The Kier molecular flexibility index (Phi) is 5.61. The Bertz CT molecular complexity index is 1050. The van der Waals surface area contributed by atoms with Crippen LogP contribution in [0, 0.1) is 11.8 Å². The minimum Gasteiger partial charge on any atom is -0.462 e. The van der Waals surface area contributed by atoms with Gasteiger partial charge in [0.25, 0.3) is 0 Å². The van der Waals surface area contributed by atoms with Gasteiger partial charge < -0.3 is 20.1 Å². The molecule has 7 nitrogen and oxygen atoms in total. The summed E-state index contributed by atoms with van der Waals surface area (Å²) in [6.45, 7) is 8.39. The lowest BCUT2D eigenvalue weighted by molar-refractivity contribution is -0.141. The van der Waals surface area contributed by atoms with Crippen molar-refractivity contribution in [3.63, 3.8) is 0 Å². The SMILES string of the molecule is CCOC(=O)C1=C(N)OC2=C(C(=O)C[C@@H](C)C2)[C@]12C(=O)N(CCC(C)C)c1ccccc12. The van der Waals surface area contributed by atoms with Gasteiger partial charge in [0.05, 0.1) is 12.2 Å². The summed E-state index contributed by atoms with van der Waals surface area (Å²) in [6.07, 6.45) is 1.53. The Hall–Kier alpha value is -3.09. The van der Waals surface area contributed by atoms with Gasteiger partial charge in [0, 0.05) is 30.6 Å². The molecule has 1 aromatic rings. The average molecular weight is 439 g/mol. The molecular formula is C25H30N2O5. The van der Waals surface area contributed by atoms with Gasteiger partial charge in [-0.2, -0.15) is 0 Å². The normalized spacial score (nSPS) is 24.8. The van der Waals surface area contributed by atoms with Crippen LogP contribution in [0.2, 0.25) is 0 Å². The minimum absolute atomic E-state index is 0.0547. The molecule has 1 aliphatic carbocycles. The lowest BCUT2D eigenvalue weighted by Crippen LogP contribution is -2.52. The molecule has 0 fully saturated rings. The van der Waals surface area contributed by atoms with Crippen LogP contribution in [0.5, 0.6) is 0 Å². The highest BCUT2D eigenvalue weighted by Crippen LogP contribution is 2.56. The fraction of sp³-hybridized carbons (Fsp3) is 0.480. The fourth-order valence-corrected chi connectivity index (χ4v) is 5.07. The van der Waals surface area contributed by atoms with Gasteiger partial charge in [-0.1, -0.05) is 39.0 Å². The van der Waals surface area contributed by atoms with E-state index in [4.69, 9.17) is 15.2 Å². The summed E-state index contributed by atoms with van der Waals surface area (Å²) >= 11 is 0. The molecule has 170 valence electrons. The van der Waals surface area contributed by atoms with Crippen molar-refractivity contribution in [3.8, 4) is 0 Å². The number of fused-ring (bicyclic) bond motifs is 3. The van der Waals surface area contributed by atoms with Crippen LogP contribution in [0.3, 0.4) is 0 Å². The van der Waals surface area contributed by atoms with Crippen LogP contribution in [0.15, 0.2) is 47.1 Å². The molecule has 1 spiro atoms. The number of anilines is 1. The Morgan fingerprint density at radius 3 is 2.69 bits per heavy atom. The number of hydrogen-bond donors (Lipinski definition) is 1. The van der Waals surface area contributed by atoms with Gasteiger partial charge in [0.15, 0.2) is 5.78 Å². The molecule has 0 unspecified atom stereocenters. The number of carbonyl (C=O) groups excluding carboxylic acids is 3. The summed E-state index contributed by atoms with van der Waals surface area (Å²) < 4.78 is 11.1. The quantitative estimate of drug-likeness (QED) is 0.708. The maximum absolute atomic E-state index is 14.3. The molecule has 1 aromatic carbocycles. The first-order chi connectivity index (χ1) is 15.2. The first-order valence-corrected chi connectivity index (χ1v) is 11.3. The molecule has 0 bridgehead atoms. The number of benzene rings is 1. The second-order valence-electron chi connectivity index (χ2n) is 9.20. The topological polar surface area (TPSA) is 98.9 Å². The number of amides is 1. The number of hydrogen-bond acceptors (Lipinski definition) is 6. The van der Waals surface area contributed by atoms with Crippen LogP contribution < -0.4 is 10.6 Å². The molecular weight excluding hydrogens is 408 g/mol. The van der Waals surface area contributed by atoms with E-state index in [1.807, 2.05) is 25.1 Å². The number of nitrogens with zero attached hydrogens (tertiary/aromatic N) is 1. The van der Waals surface area contributed by atoms with Crippen molar-refractivity contribution in [2.45, 2.75) is 52.4 Å². The number of esters is 1. The standard InChI is InChI=1S/C25H30N2O5/c1-5-31-23(29)21-22(26)32-19-13-15(4)12-18(28)20(19)25(21)16-8-6-7-9-17(16)27(24(25)30)11-10-14(2)3/h6-9,14-15H,5,10-13,26H2,1-4H3/t15-,25+/m1/s1. The van der Waals surface area contributed by atoms with Gasteiger partial charge in [-0.05, 0) is 31.2 Å². The van der Waals surface area contributed by atoms with Gasteiger partial charge in [0.1, 0.15) is 16.7 Å². The smallest absolute Gasteiger partial charge is 0.341 e. The van der Waals surface area contributed by atoms with Gasteiger partial charge >= 0.3 is 5.97 Å². The third-order valence-electron chi connectivity index (χ3n) is 6.43. The number of ketones is 1. The van der Waals surface area contributed by atoms with Crippen LogP contribution in [0.25, 0.3) is 0 Å². The lowest BCUT2D eigenvalue weighted by atomic mass is 9.64. The number of nitrogens with two attached hydrogens (primary N) is 1. The van der Waals surface area contributed by atoms with Crippen molar-refractivity contribution in [1.82, 2.24) is 0 Å². The lowest BCUT2D eigenvalue weighted by Gasteiger charge is -2.40. The van der Waals surface area contributed by atoms with Gasteiger partial charge in [-0.25, -0.2) is 4.79 Å². The van der Waals surface area contributed by atoms with Gasteiger partial charge in [-0.3, -0.25) is 9.59 Å². The molecule has 0 radical (unpaired) electrons. The van der Waals surface area contributed by atoms with Crippen molar-refractivity contribution in [3.05, 3.63) is 52.6 Å². The molecule has 2 heterocycles. The van der Waals surface area contributed by atoms with Crippen LogP contribution in [-0.4, -0.2) is 30.8 Å². The zero-order valence-corrected chi connectivity index (χ0v) is 19.1. The summed E-state index contributed by atoms with van der Waals surface area (Å²) in [6, 6.07) is 7.32. The van der Waals surface area contributed by atoms with Crippen LogP contribution >= 0.6 is 0 Å². The van der Waals surface area contributed by atoms with E-state index in [9.17, 15) is 14.4 Å². The summed E-state index contributed by atoms with van der Waals surface area (Å²) in [5.41, 5.74) is 6.06. The predicted molar refractivity (Wildman–Crippen MR) is 119 cm³/mol. The van der Waals surface area contributed by atoms with Crippen molar-refractivity contribution >= 4 is 23.3 Å². The van der Waals surface area contributed by atoms with Crippen molar-refractivity contribution in [2.24, 2.45) is 17.6 Å². The first-order valence-electron chi connectivity index (χ1n) is 11.3. The molecule has 7 heteroatoms. The van der Waals surface area contributed by atoms with Crippen molar-refractivity contribution in [1.29, 1.82) is 0 Å². The fourth-order valence-electron chi connectivity index (χ4n) is 5.07.